The molecular formula is C22H16ClFN6. The van der Waals surface area contributed by atoms with Crippen LogP contribution in [-0.2, 0) is 6.54 Å². The van der Waals surface area contributed by atoms with Crippen LogP contribution in [0.25, 0.3) is 44.9 Å². The second kappa shape index (κ2) is 7.35. The highest BCUT2D eigenvalue weighted by Gasteiger charge is 2.15. The fraction of sp³-hybridized carbons (Fsp3) is 0.0909. The summed E-state index contributed by atoms with van der Waals surface area (Å²) in [4.78, 5) is 16.1. The van der Waals surface area contributed by atoms with E-state index in [-0.39, 0.29) is 5.82 Å². The van der Waals surface area contributed by atoms with Crippen LogP contribution in [0.5, 0.6) is 0 Å². The minimum absolute atomic E-state index is 0.335. The van der Waals surface area contributed by atoms with Gasteiger partial charge in [0.15, 0.2) is 0 Å². The van der Waals surface area contributed by atoms with E-state index in [1.807, 2.05) is 29.8 Å². The normalized spacial score (nSPS) is 11.3. The highest BCUT2D eigenvalue weighted by Crippen LogP contribution is 2.33. The summed E-state index contributed by atoms with van der Waals surface area (Å²) in [5.41, 5.74) is 4.84. The van der Waals surface area contributed by atoms with E-state index in [1.165, 1.54) is 6.07 Å². The van der Waals surface area contributed by atoms with Gasteiger partial charge in [0.2, 0.25) is 0 Å². The Kier molecular flexibility index (Phi) is 4.52. The third-order valence-corrected chi connectivity index (χ3v) is 5.22. The highest BCUT2D eigenvalue weighted by atomic mass is 35.5. The molecule has 0 saturated heterocycles. The van der Waals surface area contributed by atoms with Crippen LogP contribution in [0.15, 0.2) is 61.2 Å². The zero-order valence-corrected chi connectivity index (χ0v) is 16.7. The van der Waals surface area contributed by atoms with Gasteiger partial charge in [0.25, 0.3) is 0 Å². The van der Waals surface area contributed by atoms with Gasteiger partial charge < -0.3 is 4.98 Å². The van der Waals surface area contributed by atoms with Crippen LogP contribution in [0.3, 0.4) is 0 Å². The minimum Gasteiger partial charge on any atom is -0.339 e. The van der Waals surface area contributed by atoms with Gasteiger partial charge in [-0.25, -0.2) is 9.37 Å². The Hall–Kier alpha value is -3.58. The average Bonchev–Trinajstić information content (AvgIpc) is 3.38. The first kappa shape index (κ1) is 18.4. The van der Waals surface area contributed by atoms with Crippen LogP contribution in [0.2, 0.25) is 5.02 Å². The quantitative estimate of drug-likeness (QED) is 0.426. The average molecular weight is 419 g/mol. The van der Waals surface area contributed by atoms with E-state index in [4.69, 9.17) is 11.6 Å². The molecule has 148 valence electrons. The van der Waals surface area contributed by atoms with Gasteiger partial charge in [0.05, 0.1) is 28.2 Å². The molecule has 1 aromatic carbocycles. The third-order valence-electron chi connectivity index (χ3n) is 4.90. The Morgan fingerprint density at radius 1 is 1.07 bits per heavy atom. The van der Waals surface area contributed by atoms with Crippen LogP contribution in [-0.4, -0.2) is 29.7 Å². The van der Waals surface area contributed by atoms with Crippen molar-refractivity contribution in [2.45, 2.75) is 13.5 Å². The van der Waals surface area contributed by atoms with Gasteiger partial charge >= 0.3 is 0 Å². The second-order valence-corrected chi connectivity index (χ2v) is 7.17. The smallest absolute Gasteiger partial charge is 0.137 e. The number of hydrogen-bond acceptors (Lipinski definition) is 4. The van der Waals surface area contributed by atoms with Crippen molar-refractivity contribution in [3.8, 4) is 33.9 Å². The summed E-state index contributed by atoms with van der Waals surface area (Å²) < 4.78 is 16.2. The topological polar surface area (TPSA) is 72.3 Å². The van der Waals surface area contributed by atoms with E-state index in [0.29, 0.717) is 34.2 Å². The highest BCUT2D eigenvalue weighted by molar-refractivity contribution is 6.33. The summed E-state index contributed by atoms with van der Waals surface area (Å²) in [5.74, 6) is -0.382. The number of fused-ring (bicyclic) bond motifs is 1. The maximum absolute atomic E-state index is 14.3. The lowest BCUT2D eigenvalue weighted by Gasteiger charge is -2.04. The molecule has 4 heterocycles. The number of aromatic amines is 1. The van der Waals surface area contributed by atoms with Gasteiger partial charge in [-0.15, -0.1) is 0 Å². The number of pyridine rings is 1. The monoisotopic (exact) mass is 418 g/mol. The van der Waals surface area contributed by atoms with E-state index in [1.54, 1.807) is 36.9 Å². The fourth-order valence-corrected chi connectivity index (χ4v) is 3.76. The van der Waals surface area contributed by atoms with Crippen molar-refractivity contribution in [2.75, 3.05) is 0 Å². The molecule has 0 fully saturated rings. The molecule has 0 amide bonds. The molecule has 0 atom stereocenters. The van der Waals surface area contributed by atoms with Crippen molar-refractivity contribution in [3.05, 3.63) is 72.0 Å². The minimum atomic E-state index is -0.382. The Bertz CT molecular complexity index is 1340. The molecule has 5 rings (SSSR count). The molecule has 8 heteroatoms. The summed E-state index contributed by atoms with van der Waals surface area (Å²) in [6, 6.07) is 10.5. The Morgan fingerprint density at radius 3 is 2.73 bits per heavy atom. The number of nitrogens with zero attached hydrogens (tertiary/aromatic N) is 5. The Morgan fingerprint density at radius 2 is 1.97 bits per heavy atom. The van der Waals surface area contributed by atoms with Crippen molar-refractivity contribution >= 4 is 22.6 Å². The number of hydrogen-bond donors (Lipinski definition) is 1. The first-order valence-corrected chi connectivity index (χ1v) is 9.79. The molecule has 0 aliphatic carbocycles. The van der Waals surface area contributed by atoms with E-state index < -0.39 is 0 Å². The molecule has 0 spiro atoms. The largest absolute Gasteiger partial charge is 0.339 e. The van der Waals surface area contributed by atoms with E-state index in [9.17, 15) is 4.39 Å². The zero-order chi connectivity index (χ0) is 20.7. The van der Waals surface area contributed by atoms with Gasteiger partial charge in [-0.05, 0) is 37.3 Å². The predicted molar refractivity (Wildman–Crippen MR) is 114 cm³/mol. The molecule has 0 aliphatic heterocycles. The van der Waals surface area contributed by atoms with E-state index in [2.05, 4.69) is 25.0 Å². The van der Waals surface area contributed by atoms with Gasteiger partial charge in [-0.1, -0.05) is 17.7 Å². The predicted octanol–water partition coefficient (Wildman–Crippen LogP) is 5.36. The summed E-state index contributed by atoms with van der Waals surface area (Å²) >= 11 is 6.22. The lowest BCUT2D eigenvalue weighted by atomic mass is 10.1. The fourth-order valence-electron chi connectivity index (χ4n) is 3.49. The molecule has 6 nitrogen and oxygen atoms in total. The van der Waals surface area contributed by atoms with Gasteiger partial charge in [-0.2, -0.15) is 5.10 Å². The van der Waals surface area contributed by atoms with Crippen molar-refractivity contribution in [1.82, 2.24) is 29.7 Å². The van der Waals surface area contributed by atoms with Crippen molar-refractivity contribution in [1.29, 1.82) is 0 Å². The molecule has 0 bridgehead atoms. The Labute approximate surface area is 176 Å². The number of benzene rings is 1. The Balaban J connectivity index is 1.60. The first-order valence-electron chi connectivity index (χ1n) is 9.42. The molecule has 0 unspecified atom stereocenters. The third kappa shape index (κ3) is 3.13. The van der Waals surface area contributed by atoms with Crippen LogP contribution >= 0.6 is 11.6 Å². The number of H-pyrrole nitrogens is 1. The van der Waals surface area contributed by atoms with Crippen molar-refractivity contribution in [2.24, 2.45) is 0 Å². The maximum atomic E-state index is 14.3. The summed E-state index contributed by atoms with van der Waals surface area (Å²) in [7, 11) is 0. The molecule has 1 N–H and O–H groups in total. The van der Waals surface area contributed by atoms with Crippen LogP contribution in [0, 0.1) is 5.82 Å². The second-order valence-electron chi connectivity index (χ2n) is 6.76. The molecule has 30 heavy (non-hydrogen) atoms. The van der Waals surface area contributed by atoms with Crippen molar-refractivity contribution < 1.29 is 4.39 Å². The van der Waals surface area contributed by atoms with Gasteiger partial charge in [0, 0.05) is 36.1 Å². The number of nitrogens with one attached hydrogen (secondary N) is 1. The SMILES string of the molecule is CCn1nc(-c2cnccn2)cc1-c1cnc2[nH]c(-c3c(F)cccc3Cl)cc2c1. The molecule has 4 aromatic heterocycles. The van der Waals surface area contributed by atoms with Crippen LogP contribution in [0.4, 0.5) is 4.39 Å². The number of aryl methyl sites for hydroxylation is 1. The molecule has 0 radical (unpaired) electrons. The van der Waals surface area contributed by atoms with Gasteiger partial charge in [-0.3, -0.25) is 14.6 Å². The van der Waals surface area contributed by atoms with Crippen LogP contribution in [0.1, 0.15) is 6.92 Å². The maximum Gasteiger partial charge on any atom is 0.137 e. The first-order chi connectivity index (χ1) is 14.6. The van der Waals surface area contributed by atoms with Crippen molar-refractivity contribution in [3.63, 3.8) is 0 Å². The molecular weight excluding hydrogens is 403 g/mol. The van der Waals surface area contributed by atoms with Gasteiger partial charge in [0.1, 0.15) is 22.9 Å². The summed E-state index contributed by atoms with van der Waals surface area (Å²) in [5, 5.41) is 5.84. The summed E-state index contributed by atoms with van der Waals surface area (Å²) in [6.45, 7) is 2.72. The lowest BCUT2D eigenvalue weighted by molar-refractivity contribution is 0.631. The summed E-state index contributed by atoms with van der Waals surface area (Å²) in [6.07, 6.45) is 6.73. The molecule has 0 aliphatic rings. The van der Waals surface area contributed by atoms with Crippen LogP contribution < -0.4 is 0 Å². The standard InChI is InChI=1S/C22H16ClFN6/c1-2-30-20(10-17(29-30)19-12-25-6-7-26-19)14-8-13-9-18(28-22(13)27-11-14)21-15(23)4-3-5-16(21)24/h3-12H,2H2,1H3,(H,27,28). The lowest BCUT2D eigenvalue weighted by Crippen LogP contribution is -1.99. The number of aromatic nitrogens is 6. The molecule has 0 saturated carbocycles. The number of rotatable bonds is 4. The zero-order valence-electron chi connectivity index (χ0n) is 16.0. The number of halogens is 2. The van der Waals surface area contributed by atoms with E-state index >= 15 is 0 Å². The molecule has 5 aromatic rings. The van der Waals surface area contributed by atoms with E-state index in [0.717, 1.165) is 22.3 Å².